The lowest BCUT2D eigenvalue weighted by molar-refractivity contribution is 0.340. The molecule has 1 rings (SSSR count). The smallest absolute Gasteiger partial charge is 0.139 e. The summed E-state index contributed by atoms with van der Waals surface area (Å²) in [6, 6.07) is 5.77. The van der Waals surface area contributed by atoms with Crippen molar-refractivity contribution in [3.63, 3.8) is 0 Å². The summed E-state index contributed by atoms with van der Waals surface area (Å²) in [5.41, 5.74) is 1.15. The third-order valence-corrected chi connectivity index (χ3v) is 1.68. The van der Waals surface area contributed by atoms with E-state index in [1.807, 2.05) is 33.0 Å². The van der Waals surface area contributed by atoms with Gasteiger partial charge in [0.05, 0.1) is 11.6 Å². The van der Waals surface area contributed by atoms with Crippen molar-refractivity contribution in [2.24, 2.45) is 0 Å². The summed E-state index contributed by atoms with van der Waals surface area (Å²) >= 11 is 5.88. The fourth-order valence-corrected chi connectivity index (χ4v) is 1.17. The fourth-order valence-electron chi connectivity index (χ4n) is 0.878. The van der Waals surface area contributed by atoms with Crippen LogP contribution in [-0.4, -0.2) is 14.5 Å². The Labute approximate surface area is 72.7 Å². The van der Waals surface area contributed by atoms with Crippen LogP contribution in [0.15, 0.2) is 18.2 Å². The van der Waals surface area contributed by atoms with Crippen LogP contribution >= 0.6 is 11.6 Å². The van der Waals surface area contributed by atoms with Gasteiger partial charge in [-0.05, 0) is 19.1 Å². The molecule has 11 heavy (non-hydrogen) atoms. The van der Waals surface area contributed by atoms with Crippen LogP contribution in [0.2, 0.25) is 5.02 Å². The molecule has 1 nitrogen and oxygen atoms in total. The van der Waals surface area contributed by atoms with Gasteiger partial charge in [0, 0.05) is 0 Å². The molecule has 0 unspecified atom stereocenters. The fraction of sp³-hybridized carbons (Fsp3) is 0.250. The van der Waals surface area contributed by atoms with Gasteiger partial charge >= 0.3 is 0 Å². The number of ether oxygens (including phenoxy) is 1. The summed E-state index contributed by atoms with van der Waals surface area (Å²) in [6.07, 6.45) is 0. The SMILES string of the molecule is Bc1ccc(OCC)c(Cl)c1. The van der Waals surface area contributed by atoms with Gasteiger partial charge in [-0.25, -0.2) is 0 Å². The molecular weight excluding hydrogens is 158 g/mol. The second kappa shape index (κ2) is 3.68. The molecule has 0 saturated heterocycles. The van der Waals surface area contributed by atoms with Crippen LogP contribution in [-0.2, 0) is 0 Å². The van der Waals surface area contributed by atoms with E-state index < -0.39 is 0 Å². The molecule has 0 bridgehead atoms. The van der Waals surface area contributed by atoms with E-state index in [4.69, 9.17) is 16.3 Å². The normalized spacial score (nSPS) is 9.64. The van der Waals surface area contributed by atoms with Crippen LogP contribution in [0, 0.1) is 0 Å². The van der Waals surface area contributed by atoms with E-state index in [-0.39, 0.29) is 0 Å². The average Bonchev–Trinajstić information content (AvgIpc) is 1.95. The van der Waals surface area contributed by atoms with Gasteiger partial charge in [0.1, 0.15) is 13.6 Å². The lowest BCUT2D eigenvalue weighted by Gasteiger charge is -2.04. The zero-order valence-electron chi connectivity index (χ0n) is 6.73. The van der Waals surface area contributed by atoms with Gasteiger partial charge in [0.25, 0.3) is 0 Å². The van der Waals surface area contributed by atoms with Crippen molar-refractivity contribution in [1.29, 1.82) is 0 Å². The molecule has 0 heterocycles. The first-order valence-corrected chi connectivity index (χ1v) is 4.00. The number of benzene rings is 1. The van der Waals surface area contributed by atoms with Crippen LogP contribution in [0.5, 0.6) is 5.75 Å². The highest BCUT2D eigenvalue weighted by atomic mass is 35.5. The Hall–Kier alpha value is -0.625. The Morgan fingerprint density at radius 2 is 2.27 bits per heavy atom. The minimum Gasteiger partial charge on any atom is -0.492 e. The molecule has 0 spiro atoms. The van der Waals surface area contributed by atoms with Crippen molar-refractivity contribution < 1.29 is 4.74 Å². The van der Waals surface area contributed by atoms with Crippen molar-refractivity contribution in [3.8, 4) is 5.75 Å². The Bertz CT molecular complexity index is 250. The number of hydrogen-bond donors (Lipinski definition) is 0. The van der Waals surface area contributed by atoms with Crippen molar-refractivity contribution in [3.05, 3.63) is 23.2 Å². The average molecular weight is 168 g/mol. The molecule has 1 aromatic rings. The van der Waals surface area contributed by atoms with E-state index in [2.05, 4.69) is 0 Å². The summed E-state index contributed by atoms with van der Waals surface area (Å²) in [6.45, 7) is 2.60. The number of rotatable bonds is 2. The summed E-state index contributed by atoms with van der Waals surface area (Å²) in [5, 5.41) is 0.687. The molecule has 58 valence electrons. The maximum atomic E-state index is 5.88. The third-order valence-electron chi connectivity index (χ3n) is 1.39. The highest BCUT2D eigenvalue weighted by molar-refractivity contribution is 6.37. The molecule has 0 aliphatic heterocycles. The van der Waals surface area contributed by atoms with E-state index in [1.54, 1.807) is 0 Å². The van der Waals surface area contributed by atoms with Crippen LogP contribution in [0.25, 0.3) is 0 Å². The van der Waals surface area contributed by atoms with Gasteiger partial charge in [-0.15, -0.1) is 0 Å². The summed E-state index contributed by atoms with van der Waals surface area (Å²) in [5.74, 6) is 0.764. The molecule has 0 fully saturated rings. The van der Waals surface area contributed by atoms with E-state index in [0.29, 0.717) is 11.6 Å². The van der Waals surface area contributed by atoms with Gasteiger partial charge in [0.2, 0.25) is 0 Å². The van der Waals surface area contributed by atoms with Crippen molar-refractivity contribution in [2.45, 2.75) is 6.92 Å². The zero-order chi connectivity index (χ0) is 8.27. The first-order valence-electron chi connectivity index (χ1n) is 3.63. The maximum Gasteiger partial charge on any atom is 0.139 e. The molecule has 0 aliphatic carbocycles. The Balaban J connectivity index is 2.90. The molecule has 0 saturated carbocycles. The van der Waals surface area contributed by atoms with E-state index in [1.165, 1.54) is 0 Å². The first kappa shape index (κ1) is 8.47. The maximum absolute atomic E-state index is 5.88. The predicted octanol–water partition coefficient (Wildman–Crippen LogP) is 0.997. The highest BCUT2D eigenvalue weighted by Gasteiger charge is 1.98. The van der Waals surface area contributed by atoms with Crippen molar-refractivity contribution >= 4 is 24.9 Å². The number of halogens is 1. The lowest BCUT2D eigenvalue weighted by Crippen LogP contribution is -2.02. The Morgan fingerprint density at radius 1 is 1.55 bits per heavy atom. The molecular formula is C8H10BClO. The molecule has 0 N–H and O–H groups in total. The van der Waals surface area contributed by atoms with Crippen LogP contribution in [0.1, 0.15) is 6.92 Å². The van der Waals surface area contributed by atoms with Gasteiger partial charge in [-0.1, -0.05) is 23.1 Å². The lowest BCUT2D eigenvalue weighted by atomic mass is 9.97. The third kappa shape index (κ3) is 2.16. The molecule has 0 aromatic heterocycles. The monoisotopic (exact) mass is 168 g/mol. The number of hydrogen-bond acceptors (Lipinski definition) is 1. The standard InChI is InChI=1S/C8H10BClO/c1-2-11-8-4-3-6(9)5-7(8)10/h3-5H,2,9H2,1H3. The van der Waals surface area contributed by atoms with Gasteiger partial charge in [0.15, 0.2) is 0 Å². The van der Waals surface area contributed by atoms with E-state index in [0.717, 1.165) is 11.2 Å². The zero-order valence-corrected chi connectivity index (χ0v) is 7.48. The van der Waals surface area contributed by atoms with Crippen LogP contribution in [0.4, 0.5) is 0 Å². The molecule has 1 aromatic carbocycles. The molecule has 0 radical (unpaired) electrons. The van der Waals surface area contributed by atoms with Crippen molar-refractivity contribution in [2.75, 3.05) is 6.61 Å². The Kier molecular flexibility index (Phi) is 2.83. The summed E-state index contributed by atoms with van der Waals surface area (Å²) in [7, 11) is 2.00. The van der Waals surface area contributed by atoms with E-state index >= 15 is 0 Å². The van der Waals surface area contributed by atoms with Crippen LogP contribution < -0.4 is 10.2 Å². The van der Waals surface area contributed by atoms with Crippen molar-refractivity contribution in [1.82, 2.24) is 0 Å². The van der Waals surface area contributed by atoms with Crippen LogP contribution in [0.3, 0.4) is 0 Å². The Morgan fingerprint density at radius 3 is 2.82 bits per heavy atom. The van der Waals surface area contributed by atoms with Gasteiger partial charge < -0.3 is 4.74 Å². The molecule has 3 heteroatoms. The predicted molar refractivity (Wildman–Crippen MR) is 50.8 cm³/mol. The second-order valence-electron chi connectivity index (χ2n) is 2.37. The van der Waals surface area contributed by atoms with E-state index in [9.17, 15) is 0 Å². The topological polar surface area (TPSA) is 9.23 Å². The van der Waals surface area contributed by atoms with Gasteiger partial charge in [-0.3, -0.25) is 0 Å². The quantitative estimate of drug-likeness (QED) is 0.599. The first-order chi connectivity index (χ1) is 5.24. The molecule has 0 amide bonds. The summed E-state index contributed by atoms with van der Waals surface area (Å²) in [4.78, 5) is 0. The summed E-state index contributed by atoms with van der Waals surface area (Å²) < 4.78 is 5.26. The minimum absolute atomic E-state index is 0.656. The van der Waals surface area contributed by atoms with Gasteiger partial charge in [-0.2, -0.15) is 0 Å². The molecule has 0 aliphatic rings. The largest absolute Gasteiger partial charge is 0.492 e. The molecule has 0 atom stereocenters. The highest BCUT2D eigenvalue weighted by Crippen LogP contribution is 2.21. The second-order valence-corrected chi connectivity index (χ2v) is 2.77. The minimum atomic E-state index is 0.656.